The lowest BCUT2D eigenvalue weighted by molar-refractivity contribution is -0.118. The van der Waals surface area contributed by atoms with Gasteiger partial charge in [0.25, 0.3) is 5.91 Å². The standard InChI is InChI=1S/C16H21N5O3/c1-16(2,24)11-20(8-12-6-4-3-5-7-12)15(23)13-9-21(19-18-13)10-14(17)22/h3-7,9,24H,8,10-11H2,1-2H3,(H2,17,22). The van der Waals surface area contributed by atoms with E-state index in [0.717, 1.165) is 5.56 Å². The summed E-state index contributed by atoms with van der Waals surface area (Å²) in [6, 6.07) is 9.45. The molecule has 0 aliphatic carbocycles. The van der Waals surface area contributed by atoms with Gasteiger partial charge in [0, 0.05) is 13.1 Å². The number of aliphatic hydroxyl groups is 1. The topological polar surface area (TPSA) is 114 Å². The van der Waals surface area contributed by atoms with Crippen LogP contribution < -0.4 is 5.73 Å². The van der Waals surface area contributed by atoms with E-state index in [1.807, 2.05) is 30.3 Å². The summed E-state index contributed by atoms with van der Waals surface area (Å²) in [5, 5.41) is 17.6. The van der Waals surface area contributed by atoms with Crippen LogP contribution in [0, 0.1) is 0 Å². The molecule has 1 aromatic carbocycles. The first-order chi connectivity index (χ1) is 11.2. The van der Waals surface area contributed by atoms with Gasteiger partial charge in [-0.15, -0.1) is 5.10 Å². The van der Waals surface area contributed by atoms with Gasteiger partial charge < -0.3 is 15.7 Å². The zero-order valence-corrected chi connectivity index (χ0v) is 13.7. The molecular weight excluding hydrogens is 310 g/mol. The second-order valence-corrected chi connectivity index (χ2v) is 6.23. The monoisotopic (exact) mass is 331 g/mol. The van der Waals surface area contributed by atoms with Gasteiger partial charge in [-0.25, -0.2) is 4.68 Å². The number of primary amides is 1. The Morgan fingerprint density at radius 1 is 1.29 bits per heavy atom. The van der Waals surface area contributed by atoms with Crippen LogP contribution in [0.4, 0.5) is 0 Å². The summed E-state index contributed by atoms with van der Waals surface area (Å²) in [6.07, 6.45) is 1.37. The largest absolute Gasteiger partial charge is 0.389 e. The second kappa shape index (κ2) is 7.22. The van der Waals surface area contributed by atoms with Crippen LogP contribution in [0.3, 0.4) is 0 Å². The fraction of sp³-hybridized carbons (Fsp3) is 0.375. The Kier molecular flexibility index (Phi) is 5.30. The van der Waals surface area contributed by atoms with E-state index in [9.17, 15) is 14.7 Å². The Bertz CT molecular complexity index is 706. The van der Waals surface area contributed by atoms with E-state index < -0.39 is 11.5 Å². The van der Waals surface area contributed by atoms with E-state index in [4.69, 9.17) is 5.73 Å². The molecule has 1 heterocycles. The maximum absolute atomic E-state index is 12.7. The lowest BCUT2D eigenvalue weighted by Gasteiger charge is -2.28. The summed E-state index contributed by atoms with van der Waals surface area (Å²) in [5.41, 5.74) is 5.06. The number of carbonyl (C=O) groups is 2. The van der Waals surface area contributed by atoms with Crippen LogP contribution in [-0.4, -0.2) is 49.0 Å². The highest BCUT2D eigenvalue weighted by Gasteiger charge is 2.25. The quantitative estimate of drug-likeness (QED) is 0.751. The Morgan fingerprint density at radius 3 is 2.54 bits per heavy atom. The highest BCUT2D eigenvalue weighted by atomic mass is 16.3. The molecule has 2 amide bonds. The van der Waals surface area contributed by atoms with Gasteiger partial charge in [0.2, 0.25) is 5.91 Å². The molecule has 1 aromatic heterocycles. The first-order valence-electron chi connectivity index (χ1n) is 7.48. The van der Waals surface area contributed by atoms with Crippen molar-refractivity contribution in [2.45, 2.75) is 32.5 Å². The van der Waals surface area contributed by atoms with Gasteiger partial charge >= 0.3 is 0 Å². The number of hydrogen-bond acceptors (Lipinski definition) is 5. The first kappa shape index (κ1) is 17.6. The average Bonchev–Trinajstić information content (AvgIpc) is 2.93. The van der Waals surface area contributed by atoms with Crippen molar-refractivity contribution < 1.29 is 14.7 Å². The molecular formula is C16H21N5O3. The molecule has 2 rings (SSSR count). The second-order valence-electron chi connectivity index (χ2n) is 6.23. The number of benzene rings is 1. The number of aromatic nitrogens is 3. The summed E-state index contributed by atoms with van der Waals surface area (Å²) >= 11 is 0. The van der Waals surface area contributed by atoms with Crippen LogP contribution in [0.2, 0.25) is 0 Å². The van der Waals surface area contributed by atoms with Crippen molar-refractivity contribution in [1.29, 1.82) is 0 Å². The molecule has 0 unspecified atom stereocenters. The minimum atomic E-state index is -1.06. The van der Waals surface area contributed by atoms with Crippen LogP contribution in [0.25, 0.3) is 0 Å². The normalized spacial score (nSPS) is 11.3. The van der Waals surface area contributed by atoms with Crippen molar-refractivity contribution in [3.05, 3.63) is 47.8 Å². The fourth-order valence-electron chi connectivity index (χ4n) is 2.27. The minimum absolute atomic E-state index is 0.0939. The molecule has 0 atom stereocenters. The van der Waals surface area contributed by atoms with E-state index in [-0.39, 0.29) is 24.7 Å². The average molecular weight is 331 g/mol. The Balaban J connectivity index is 2.20. The van der Waals surface area contributed by atoms with Gasteiger partial charge in [-0.2, -0.15) is 0 Å². The van der Waals surface area contributed by atoms with Crippen LogP contribution >= 0.6 is 0 Å². The molecule has 0 fully saturated rings. The van der Waals surface area contributed by atoms with E-state index in [0.29, 0.717) is 6.54 Å². The van der Waals surface area contributed by atoms with E-state index >= 15 is 0 Å². The molecule has 2 aromatic rings. The Labute approximate surface area is 139 Å². The van der Waals surface area contributed by atoms with Crippen molar-refractivity contribution in [3.63, 3.8) is 0 Å². The molecule has 0 saturated heterocycles. The third-order valence-corrected chi connectivity index (χ3v) is 3.16. The molecule has 0 spiro atoms. The fourth-order valence-corrected chi connectivity index (χ4v) is 2.27. The van der Waals surface area contributed by atoms with Gasteiger partial charge in [0.1, 0.15) is 6.54 Å². The van der Waals surface area contributed by atoms with E-state index in [1.54, 1.807) is 13.8 Å². The molecule has 128 valence electrons. The smallest absolute Gasteiger partial charge is 0.276 e. The van der Waals surface area contributed by atoms with E-state index in [2.05, 4.69) is 10.3 Å². The maximum atomic E-state index is 12.7. The van der Waals surface area contributed by atoms with Gasteiger partial charge in [0.05, 0.1) is 11.8 Å². The number of carbonyl (C=O) groups excluding carboxylic acids is 2. The molecule has 3 N–H and O–H groups in total. The number of hydrogen-bond donors (Lipinski definition) is 2. The van der Waals surface area contributed by atoms with Gasteiger partial charge in [-0.3, -0.25) is 9.59 Å². The van der Waals surface area contributed by atoms with Gasteiger partial charge in [0.15, 0.2) is 5.69 Å². The third kappa shape index (κ3) is 5.17. The van der Waals surface area contributed by atoms with Crippen LogP contribution in [0.1, 0.15) is 29.9 Å². The number of nitrogens with two attached hydrogens (primary N) is 1. The maximum Gasteiger partial charge on any atom is 0.276 e. The SMILES string of the molecule is CC(C)(O)CN(Cc1ccccc1)C(=O)c1cn(CC(N)=O)nn1. The molecule has 0 bridgehead atoms. The highest BCUT2D eigenvalue weighted by molar-refractivity contribution is 5.92. The van der Waals surface area contributed by atoms with Crippen LogP contribution in [0.15, 0.2) is 36.5 Å². The lowest BCUT2D eigenvalue weighted by atomic mass is 10.1. The molecule has 8 nitrogen and oxygen atoms in total. The summed E-state index contributed by atoms with van der Waals surface area (Å²) < 4.78 is 1.21. The molecule has 0 aliphatic heterocycles. The van der Waals surface area contributed by atoms with Crippen LogP contribution in [0.5, 0.6) is 0 Å². The summed E-state index contributed by atoms with van der Waals surface area (Å²) in [6.45, 7) is 3.56. The number of rotatable bonds is 7. The Hall–Kier alpha value is -2.74. The number of amides is 2. The van der Waals surface area contributed by atoms with Crippen molar-refractivity contribution in [3.8, 4) is 0 Å². The van der Waals surface area contributed by atoms with E-state index in [1.165, 1.54) is 15.8 Å². The summed E-state index contributed by atoms with van der Waals surface area (Å²) in [4.78, 5) is 25.1. The van der Waals surface area contributed by atoms with Crippen LogP contribution in [-0.2, 0) is 17.9 Å². The predicted octanol–water partition coefficient (Wildman–Crippen LogP) is 0.177. The van der Waals surface area contributed by atoms with Crippen molar-refractivity contribution in [2.75, 3.05) is 6.54 Å². The zero-order valence-electron chi connectivity index (χ0n) is 13.7. The number of nitrogens with zero attached hydrogens (tertiary/aromatic N) is 4. The molecule has 0 saturated carbocycles. The molecule has 0 aliphatic rings. The molecule has 0 radical (unpaired) electrons. The third-order valence-electron chi connectivity index (χ3n) is 3.16. The predicted molar refractivity (Wildman–Crippen MR) is 86.7 cm³/mol. The van der Waals surface area contributed by atoms with Crippen molar-refractivity contribution in [2.24, 2.45) is 5.73 Å². The van der Waals surface area contributed by atoms with Crippen molar-refractivity contribution in [1.82, 2.24) is 19.9 Å². The highest BCUT2D eigenvalue weighted by Crippen LogP contribution is 2.13. The first-order valence-corrected chi connectivity index (χ1v) is 7.48. The summed E-state index contributed by atoms with van der Waals surface area (Å²) in [7, 11) is 0. The summed E-state index contributed by atoms with van der Waals surface area (Å²) in [5.74, 6) is -0.951. The van der Waals surface area contributed by atoms with Crippen molar-refractivity contribution >= 4 is 11.8 Å². The minimum Gasteiger partial charge on any atom is -0.389 e. The zero-order chi connectivity index (χ0) is 17.7. The van der Waals surface area contributed by atoms with Gasteiger partial charge in [-0.05, 0) is 19.4 Å². The molecule has 8 heteroatoms. The van der Waals surface area contributed by atoms with Gasteiger partial charge in [-0.1, -0.05) is 35.5 Å². The lowest BCUT2D eigenvalue weighted by Crippen LogP contribution is -2.42. The Morgan fingerprint density at radius 2 is 1.96 bits per heavy atom. The molecule has 24 heavy (non-hydrogen) atoms.